The highest BCUT2D eigenvalue weighted by Gasteiger charge is 2.38. The minimum atomic E-state index is -0.375. The van der Waals surface area contributed by atoms with Crippen molar-refractivity contribution in [2.24, 2.45) is 5.92 Å². The van der Waals surface area contributed by atoms with E-state index >= 15 is 0 Å². The molecule has 4 nitrogen and oxygen atoms in total. The Morgan fingerprint density at radius 1 is 1.50 bits per heavy atom. The summed E-state index contributed by atoms with van der Waals surface area (Å²) in [5.74, 6) is -0.460. The SMILES string of the molecule is CCOC(=O)[C@@H]1C[C@H](C#N)[C@H](c2ccccc2)N1. The molecule has 2 rings (SSSR count). The van der Waals surface area contributed by atoms with E-state index in [1.54, 1.807) is 6.92 Å². The summed E-state index contributed by atoms with van der Waals surface area (Å²) < 4.78 is 4.99. The predicted octanol–water partition coefficient (Wildman–Crippen LogP) is 1.79. The molecule has 1 aromatic rings. The Labute approximate surface area is 107 Å². The highest BCUT2D eigenvalue weighted by atomic mass is 16.5. The van der Waals surface area contributed by atoms with Crippen LogP contribution in [0.1, 0.15) is 24.9 Å². The van der Waals surface area contributed by atoms with Gasteiger partial charge in [-0.25, -0.2) is 0 Å². The topological polar surface area (TPSA) is 62.1 Å². The maximum Gasteiger partial charge on any atom is 0.323 e. The molecule has 0 unspecified atom stereocenters. The van der Waals surface area contributed by atoms with Crippen LogP contribution < -0.4 is 5.32 Å². The lowest BCUT2D eigenvalue weighted by atomic mass is 9.95. The number of nitriles is 1. The van der Waals surface area contributed by atoms with Gasteiger partial charge in [0.05, 0.1) is 18.6 Å². The minimum Gasteiger partial charge on any atom is -0.465 e. The Morgan fingerprint density at radius 2 is 2.22 bits per heavy atom. The fraction of sp³-hybridized carbons (Fsp3) is 0.429. The van der Waals surface area contributed by atoms with Crippen molar-refractivity contribution >= 4 is 5.97 Å². The predicted molar refractivity (Wildman–Crippen MR) is 66.5 cm³/mol. The van der Waals surface area contributed by atoms with E-state index in [9.17, 15) is 10.1 Å². The van der Waals surface area contributed by atoms with Gasteiger partial charge in [0.25, 0.3) is 0 Å². The Morgan fingerprint density at radius 3 is 2.83 bits per heavy atom. The van der Waals surface area contributed by atoms with Crippen molar-refractivity contribution in [3.05, 3.63) is 35.9 Å². The van der Waals surface area contributed by atoms with Gasteiger partial charge >= 0.3 is 5.97 Å². The molecule has 0 amide bonds. The maximum atomic E-state index is 11.7. The molecular formula is C14H16N2O2. The maximum absolute atomic E-state index is 11.7. The fourth-order valence-electron chi connectivity index (χ4n) is 2.31. The van der Waals surface area contributed by atoms with E-state index in [2.05, 4.69) is 11.4 Å². The lowest BCUT2D eigenvalue weighted by Gasteiger charge is -2.15. The molecule has 0 saturated carbocycles. The number of esters is 1. The lowest BCUT2D eigenvalue weighted by Crippen LogP contribution is -2.33. The fourth-order valence-corrected chi connectivity index (χ4v) is 2.31. The molecule has 1 saturated heterocycles. The number of ether oxygens (including phenoxy) is 1. The van der Waals surface area contributed by atoms with E-state index in [0.29, 0.717) is 13.0 Å². The van der Waals surface area contributed by atoms with E-state index in [4.69, 9.17) is 4.74 Å². The van der Waals surface area contributed by atoms with Crippen LogP contribution in [0.15, 0.2) is 30.3 Å². The van der Waals surface area contributed by atoms with Gasteiger partial charge < -0.3 is 4.74 Å². The smallest absolute Gasteiger partial charge is 0.323 e. The average Bonchev–Trinajstić information content (AvgIpc) is 2.84. The number of rotatable bonds is 3. The first kappa shape index (κ1) is 12.6. The molecular weight excluding hydrogens is 228 g/mol. The van der Waals surface area contributed by atoms with Gasteiger partial charge in [-0.15, -0.1) is 0 Å². The summed E-state index contributed by atoms with van der Waals surface area (Å²) in [6, 6.07) is 11.5. The Bertz CT molecular complexity index is 453. The Hall–Kier alpha value is -1.86. The molecule has 1 N–H and O–H groups in total. The third-order valence-corrected chi connectivity index (χ3v) is 3.17. The van der Waals surface area contributed by atoms with E-state index in [1.165, 1.54) is 0 Å². The first-order valence-corrected chi connectivity index (χ1v) is 6.13. The minimum absolute atomic E-state index is 0.0920. The highest BCUT2D eigenvalue weighted by Crippen LogP contribution is 2.32. The zero-order valence-electron chi connectivity index (χ0n) is 10.3. The summed E-state index contributed by atoms with van der Waals surface area (Å²) >= 11 is 0. The average molecular weight is 244 g/mol. The zero-order chi connectivity index (χ0) is 13.0. The van der Waals surface area contributed by atoms with E-state index < -0.39 is 0 Å². The van der Waals surface area contributed by atoms with Crippen molar-refractivity contribution in [1.29, 1.82) is 5.26 Å². The highest BCUT2D eigenvalue weighted by molar-refractivity contribution is 5.76. The summed E-state index contributed by atoms with van der Waals surface area (Å²) in [4.78, 5) is 11.7. The number of hydrogen-bond donors (Lipinski definition) is 1. The summed E-state index contributed by atoms with van der Waals surface area (Å²) in [6.45, 7) is 2.15. The molecule has 0 radical (unpaired) electrons. The summed E-state index contributed by atoms with van der Waals surface area (Å²) in [5, 5.41) is 12.4. The van der Waals surface area contributed by atoms with Crippen molar-refractivity contribution in [2.45, 2.75) is 25.4 Å². The normalized spacial score (nSPS) is 26.6. The van der Waals surface area contributed by atoms with Crippen molar-refractivity contribution in [3.8, 4) is 6.07 Å². The van der Waals surface area contributed by atoms with Crippen LogP contribution in [0.4, 0.5) is 0 Å². The Kier molecular flexibility index (Phi) is 3.96. The molecule has 3 atom stereocenters. The first-order valence-electron chi connectivity index (χ1n) is 6.13. The quantitative estimate of drug-likeness (QED) is 0.823. The molecule has 0 bridgehead atoms. The van der Waals surface area contributed by atoms with Crippen molar-refractivity contribution in [3.63, 3.8) is 0 Å². The van der Waals surface area contributed by atoms with E-state index in [0.717, 1.165) is 5.56 Å². The van der Waals surface area contributed by atoms with Gasteiger partial charge in [-0.05, 0) is 18.9 Å². The summed E-state index contributed by atoms with van der Waals surface area (Å²) in [5.41, 5.74) is 1.04. The monoisotopic (exact) mass is 244 g/mol. The molecule has 1 fully saturated rings. The molecule has 1 heterocycles. The molecule has 1 aliphatic rings. The number of nitrogens with zero attached hydrogens (tertiary/aromatic N) is 1. The molecule has 0 aromatic heterocycles. The van der Waals surface area contributed by atoms with Crippen LogP contribution in [-0.4, -0.2) is 18.6 Å². The largest absolute Gasteiger partial charge is 0.465 e. The van der Waals surface area contributed by atoms with Crippen LogP contribution in [-0.2, 0) is 9.53 Å². The molecule has 94 valence electrons. The van der Waals surface area contributed by atoms with E-state index in [1.807, 2.05) is 30.3 Å². The van der Waals surface area contributed by atoms with Crippen molar-refractivity contribution in [1.82, 2.24) is 5.32 Å². The number of carbonyl (C=O) groups is 1. The van der Waals surface area contributed by atoms with Crippen molar-refractivity contribution < 1.29 is 9.53 Å². The van der Waals surface area contributed by atoms with Gasteiger partial charge in [-0.1, -0.05) is 30.3 Å². The molecule has 0 aliphatic carbocycles. The second-order valence-corrected chi connectivity index (χ2v) is 4.33. The molecule has 1 aromatic carbocycles. The van der Waals surface area contributed by atoms with Crippen molar-refractivity contribution in [2.75, 3.05) is 6.61 Å². The van der Waals surface area contributed by atoms with Crippen LogP contribution in [0.3, 0.4) is 0 Å². The van der Waals surface area contributed by atoms with Gasteiger partial charge in [0, 0.05) is 6.04 Å². The van der Waals surface area contributed by atoms with Crippen LogP contribution in [0.2, 0.25) is 0 Å². The second kappa shape index (κ2) is 5.65. The molecule has 1 aliphatic heterocycles. The third-order valence-electron chi connectivity index (χ3n) is 3.17. The second-order valence-electron chi connectivity index (χ2n) is 4.33. The standard InChI is InChI=1S/C14H16N2O2/c1-2-18-14(17)12-8-11(9-15)13(16-12)10-6-4-3-5-7-10/h3-7,11-13,16H,2,8H2,1H3/t11-,12+,13+/m1/s1. The summed E-state index contributed by atoms with van der Waals surface area (Å²) in [7, 11) is 0. The van der Waals surface area contributed by atoms with Gasteiger partial charge in [0.1, 0.15) is 6.04 Å². The number of benzene rings is 1. The van der Waals surface area contributed by atoms with Crippen LogP contribution in [0.25, 0.3) is 0 Å². The number of nitrogens with one attached hydrogen (secondary N) is 1. The van der Waals surface area contributed by atoms with Crippen LogP contribution >= 0.6 is 0 Å². The van der Waals surface area contributed by atoms with Gasteiger partial charge in [0.15, 0.2) is 0 Å². The number of hydrogen-bond acceptors (Lipinski definition) is 4. The third kappa shape index (κ3) is 2.52. The van der Waals surface area contributed by atoms with Gasteiger partial charge in [-0.3, -0.25) is 10.1 Å². The van der Waals surface area contributed by atoms with Gasteiger partial charge in [0.2, 0.25) is 0 Å². The number of carbonyl (C=O) groups excluding carboxylic acids is 1. The Balaban J connectivity index is 2.13. The molecule has 4 heteroatoms. The van der Waals surface area contributed by atoms with Gasteiger partial charge in [-0.2, -0.15) is 5.26 Å². The first-order chi connectivity index (χ1) is 8.76. The summed E-state index contributed by atoms with van der Waals surface area (Å²) in [6.07, 6.45) is 0.509. The molecule has 0 spiro atoms. The zero-order valence-corrected chi connectivity index (χ0v) is 10.3. The van der Waals surface area contributed by atoms with E-state index in [-0.39, 0.29) is 24.0 Å². The molecule has 18 heavy (non-hydrogen) atoms. The van der Waals surface area contributed by atoms with Crippen LogP contribution in [0, 0.1) is 17.2 Å². The lowest BCUT2D eigenvalue weighted by molar-refractivity contribution is -0.145. The van der Waals surface area contributed by atoms with Crippen LogP contribution in [0.5, 0.6) is 0 Å².